The van der Waals surface area contributed by atoms with E-state index < -0.39 is 0 Å². The Morgan fingerprint density at radius 1 is 1.33 bits per heavy atom. The maximum atomic E-state index is 6.09. The van der Waals surface area contributed by atoms with E-state index >= 15 is 0 Å². The number of imidazole rings is 1. The number of hydrogen-bond acceptors (Lipinski definition) is 2. The summed E-state index contributed by atoms with van der Waals surface area (Å²) in [5, 5.41) is 1.11. The molecular weight excluding hydrogens is 233 g/mol. The standard InChI is InChI=1S/C10H11Cl2N3/c11-8-4-1-3-7-10(12)14-9(15(7)8)5-2-6-13/h1,3-4H,2,5-6,13H2. The highest BCUT2D eigenvalue weighted by Gasteiger charge is 2.10. The molecule has 0 bridgehead atoms. The van der Waals surface area contributed by atoms with Crippen molar-refractivity contribution in [1.82, 2.24) is 9.38 Å². The van der Waals surface area contributed by atoms with Crippen molar-refractivity contribution in [3.8, 4) is 0 Å². The first kappa shape index (κ1) is 10.7. The zero-order valence-corrected chi connectivity index (χ0v) is 9.59. The molecule has 0 spiro atoms. The van der Waals surface area contributed by atoms with Gasteiger partial charge in [0.1, 0.15) is 11.0 Å². The lowest BCUT2D eigenvalue weighted by molar-refractivity contribution is 0.778. The predicted molar refractivity (Wildman–Crippen MR) is 62.6 cm³/mol. The van der Waals surface area contributed by atoms with Gasteiger partial charge in [-0.3, -0.25) is 4.40 Å². The zero-order chi connectivity index (χ0) is 10.8. The fraction of sp³-hybridized carbons (Fsp3) is 0.300. The number of nitrogens with two attached hydrogens (primary N) is 1. The maximum Gasteiger partial charge on any atom is 0.155 e. The van der Waals surface area contributed by atoms with Crippen LogP contribution in [-0.2, 0) is 6.42 Å². The fourth-order valence-electron chi connectivity index (χ4n) is 1.55. The lowest BCUT2D eigenvalue weighted by Crippen LogP contribution is -2.03. The van der Waals surface area contributed by atoms with E-state index in [0.717, 1.165) is 24.2 Å². The van der Waals surface area contributed by atoms with E-state index in [4.69, 9.17) is 28.9 Å². The Bertz CT molecular complexity index is 479. The summed E-state index contributed by atoms with van der Waals surface area (Å²) in [5.74, 6) is 0.867. The van der Waals surface area contributed by atoms with Gasteiger partial charge in [0, 0.05) is 6.42 Å². The first-order chi connectivity index (χ1) is 7.24. The van der Waals surface area contributed by atoms with E-state index in [-0.39, 0.29) is 0 Å². The second-order valence-electron chi connectivity index (χ2n) is 3.28. The van der Waals surface area contributed by atoms with E-state index in [2.05, 4.69) is 4.98 Å². The van der Waals surface area contributed by atoms with Gasteiger partial charge >= 0.3 is 0 Å². The molecule has 0 aromatic carbocycles. The second-order valence-corrected chi connectivity index (χ2v) is 4.03. The average Bonchev–Trinajstić information content (AvgIpc) is 2.55. The van der Waals surface area contributed by atoms with E-state index in [1.54, 1.807) is 0 Å². The molecule has 0 aliphatic rings. The van der Waals surface area contributed by atoms with Crippen LogP contribution in [0.25, 0.3) is 5.52 Å². The van der Waals surface area contributed by atoms with Gasteiger partial charge < -0.3 is 5.73 Å². The number of halogens is 2. The molecular formula is C10H11Cl2N3. The predicted octanol–water partition coefficient (Wildman–Crippen LogP) is 2.53. The van der Waals surface area contributed by atoms with Crippen LogP contribution in [-0.4, -0.2) is 15.9 Å². The quantitative estimate of drug-likeness (QED) is 0.843. The van der Waals surface area contributed by atoms with Gasteiger partial charge in [0.25, 0.3) is 0 Å². The first-order valence-corrected chi connectivity index (χ1v) is 5.51. The Kier molecular flexibility index (Phi) is 3.14. The number of fused-ring (bicyclic) bond motifs is 1. The van der Waals surface area contributed by atoms with Crippen LogP contribution in [0.4, 0.5) is 0 Å². The number of aromatic nitrogens is 2. The molecule has 0 aliphatic carbocycles. The lowest BCUT2D eigenvalue weighted by Gasteiger charge is -2.02. The molecule has 0 unspecified atom stereocenters. The number of rotatable bonds is 3. The topological polar surface area (TPSA) is 43.3 Å². The first-order valence-electron chi connectivity index (χ1n) is 4.75. The van der Waals surface area contributed by atoms with Crippen LogP contribution < -0.4 is 5.73 Å². The van der Waals surface area contributed by atoms with Crippen molar-refractivity contribution in [1.29, 1.82) is 0 Å². The van der Waals surface area contributed by atoms with Crippen LogP contribution in [0, 0.1) is 0 Å². The van der Waals surface area contributed by atoms with Crippen LogP contribution >= 0.6 is 23.2 Å². The van der Waals surface area contributed by atoms with E-state index in [1.807, 2.05) is 22.6 Å². The van der Waals surface area contributed by atoms with Gasteiger partial charge in [0.2, 0.25) is 0 Å². The van der Waals surface area contributed by atoms with Crippen molar-refractivity contribution in [3.63, 3.8) is 0 Å². The SMILES string of the molecule is NCCCc1nc(Cl)c2cccc(Cl)n12. The van der Waals surface area contributed by atoms with Gasteiger partial charge in [-0.1, -0.05) is 29.3 Å². The third-order valence-corrected chi connectivity index (χ3v) is 2.82. The molecule has 3 nitrogen and oxygen atoms in total. The maximum absolute atomic E-state index is 6.09. The molecule has 2 heterocycles. The molecule has 2 rings (SSSR count). The van der Waals surface area contributed by atoms with Crippen molar-refractivity contribution < 1.29 is 0 Å². The smallest absolute Gasteiger partial charge is 0.155 e. The molecule has 15 heavy (non-hydrogen) atoms. The Labute approximate surface area is 97.8 Å². The summed E-state index contributed by atoms with van der Waals surface area (Å²) >= 11 is 12.1. The molecule has 0 amide bonds. The number of hydrogen-bond donors (Lipinski definition) is 1. The molecule has 0 aliphatic heterocycles. The highest BCUT2D eigenvalue weighted by atomic mass is 35.5. The summed E-state index contributed by atoms with van der Waals surface area (Å²) in [6, 6.07) is 5.57. The molecule has 0 fully saturated rings. The van der Waals surface area contributed by atoms with Gasteiger partial charge in [0.15, 0.2) is 5.15 Å². The molecule has 2 aromatic heterocycles. The van der Waals surface area contributed by atoms with Crippen molar-refractivity contribution in [2.24, 2.45) is 5.73 Å². The highest BCUT2D eigenvalue weighted by Crippen LogP contribution is 2.23. The Morgan fingerprint density at radius 3 is 2.87 bits per heavy atom. The highest BCUT2D eigenvalue weighted by molar-refractivity contribution is 6.33. The average molecular weight is 244 g/mol. The van der Waals surface area contributed by atoms with Crippen LogP contribution in [0.15, 0.2) is 18.2 Å². The monoisotopic (exact) mass is 243 g/mol. The second kappa shape index (κ2) is 4.39. The van der Waals surface area contributed by atoms with Crippen molar-refractivity contribution in [3.05, 3.63) is 34.3 Å². The summed E-state index contributed by atoms with van der Waals surface area (Å²) < 4.78 is 1.86. The molecule has 5 heteroatoms. The van der Waals surface area contributed by atoms with E-state index in [1.165, 1.54) is 0 Å². The van der Waals surface area contributed by atoms with Gasteiger partial charge in [-0.2, -0.15) is 0 Å². The summed E-state index contributed by atoms with van der Waals surface area (Å²) in [6.45, 7) is 0.636. The third-order valence-electron chi connectivity index (χ3n) is 2.24. The molecule has 2 aromatic rings. The van der Waals surface area contributed by atoms with Gasteiger partial charge in [-0.05, 0) is 25.1 Å². The van der Waals surface area contributed by atoms with Gasteiger partial charge in [-0.25, -0.2) is 4.98 Å². The largest absolute Gasteiger partial charge is 0.330 e. The molecule has 80 valence electrons. The van der Waals surface area contributed by atoms with Crippen molar-refractivity contribution in [2.75, 3.05) is 6.54 Å². The molecule has 0 atom stereocenters. The fourth-order valence-corrected chi connectivity index (χ4v) is 2.06. The van der Waals surface area contributed by atoms with Gasteiger partial charge in [-0.15, -0.1) is 0 Å². The lowest BCUT2D eigenvalue weighted by atomic mass is 10.3. The Hall–Kier alpha value is -0.770. The van der Waals surface area contributed by atoms with Gasteiger partial charge in [0.05, 0.1) is 5.52 Å². The molecule has 0 saturated heterocycles. The van der Waals surface area contributed by atoms with Crippen LogP contribution in [0.1, 0.15) is 12.2 Å². The number of pyridine rings is 1. The van der Waals surface area contributed by atoms with Crippen molar-refractivity contribution >= 4 is 28.7 Å². The third kappa shape index (κ3) is 1.95. The Morgan fingerprint density at radius 2 is 2.13 bits per heavy atom. The molecule has 2 N–H and O–H groups in total. The van der Waals surface area contributed by atoms with Crippen LogP contribution in [0.2, 0.25) is 10.3 Å². The van der Waals surface area contributed by atoms with E-state index in [9.17, 15) is 0 Å². The summed E-state index contributed by atoms with van der Waals surface area (Å²) in [6.07, 6.45) is 1.66. The summed E-state index contributed by atoms with van der Waals surface area (Å²) in [5.41, 5.74) is 6.31. The minimum atomic E-state index is 0.490. The van der Waals surface area contributed by atoms with Crippen molar-refractivity contribution in [2.45, 2.75) is 12.8 Å². The minimum absolute atomic E-state index is 0.490. The van der Waals surface area contributed by atoms with E-state index in [0.29, 0.717) is 16.9 Å². The van der Waals surface area contributed by atoms with Crippen LogP contribution in [0.3, 0.4) is 0 Å². The number of nitrogens with zero attached hydrogens (tertiary/aromatic N) is 2. The minimum Gasteiger partial charge on any atom is -0.330 e. The summed E-state index contributed by atoms with van der Waals surface area (Å²) in [4.78, 5) is 4.28. The summed E-state index contributed by atoms with van der Waals surface area (Å²) in [7, 11) is 0. The number of aryl methyl sites for hydroxylation is 1. The molecule has 0 radical (unpaired) electrons. The normalized spacial score (nSPS) is 11.1. The van der Waals surface area contributed by atoms with Crippen LogP contribution in [0.5, 0.6) is 0 Å². The molecule has 0 saturated carbocycles. The zero-order valence-electron chi connectivity index (χ0n) is 8.08. The Balaban J connectivity index is 2.54.